The van der Waals surface area contributed by atoms with Crippen LogP contribution in [0.3, 0.4) is 0 Å². The molecule has 2 atom stereocenters. The Morgan fingerprint density at radius 3 is 2.56 bits per heavy atom. The maximum absolute atomic E-state index is 12.5. The number of benzene rings is 1. The van der Waals surface area contributed by atoms with Gasteiger partial charge in [0.25, 0.3) is 5.69 Å². The number of hydrogen-bond donors (Lipinski definition) is 1. The molecule has 9 nitrogen and oxygen atoms in total. The summed E-state index contributed by atoms with van der Waals surface area (Å²) in [6.45, 7) is 6.97. The molecule has 1 N–H and O–H groups in total. The fourth-order valence-corrected chi connectivity index (χ4v) is 4.46. The van der Waals surface area contributed by atoms with Crippen LogP contribution >= 0.6 is 0 Å². The molecular formula is C17H27N3O6S. The van der Waals surface area contributed by atoms with Gasteiger partial charge in [-0.1, -0.05) is 0 Å². The van der Waals surface area contributed by atoms with E-state index in [2.05, 4.69) is 9.62 Å². The van der Waals surface area contributed by atoms with Crippen LogP contribution in [0, 0.1) is 10.1 Å². The molecule has 1 saturated heterocycles. The Kier molecular flexibility index (Phi) is 7.54. The van der Waals surface area contributed by atoms with Gasteiger partial charge in [-0.2, -0.15) is 0 Å². The zero-order valence-electron chi connectivity index (χ0n) is 15.9. The number of nitro benzene ring substituents is 1. The quantitative estimate of drug-likeness (QED) is 0.381. The second-order valence-corrected chi connectivity index (χ2v) is 8.45. The Hall–Kier alpha value is -1.75. The van der Waals surface area contributed by atoms with E-state index in [1.165, 1.54) is 19.2 Å². The van der Waals surface area contributed by atoms with Crippen LogP contribution in [0.25, 0.3) is 0 Å². The largest absolute Gasteiger partial charge is 0.495 e. The lowest BCUT2D eigenvalue weighted by Gasteiger charge is -2.35. The lowest BCUT2D eigenvalue weighted by atomic mass is 10.2. The van der Waals surface area contributed by atoms with E-state index < -0.39 is 14.9 Å². The molecular weight excluding hydrogens is 374 g/mol. The molecule has 0 aromatic heterocycles. The van der Waals surface area contributed by atoms with Crippen molar-refractivity contribution in [3.05, 3.63) is 28.3 Å². The van der Waals surface area contributed by atoms with E-state index >= 15 is 0 Å². The van der Waals surface area contributed by atoms with Gasteiger partial charge < -0.3 is 9.47 Å². The van der Waals surface area contributed by atoms with Crippen LogP contribution in [-0.4, -0.2) is 63.7 Å². The zero-order chi connectivity index (χ0) is 20.0. The molecule has 0 aliphatic carbocycles. The van der Waals surface area contributed by atoms with Gasteiger partial charge in [0, 0.05) is 31.8 Å². The van der Waals surface area contributed by atoms with Gasteiger partial charge in [-0.3, -0.25) is 15.0 Å². The number of sulfonamides is 1. The van der Waals surface area contributed by atoms with Gasteiger partial charge in [-0.05, 0) is 39.3 Å². The van der Waals surface area contributed by atoms with Crippen molar-refractivity contribution < 1.29 is 22.8 Å². The average Bonchev–Trinajstić information content (AvgIpc) is 2.59. The average molecular weight is 401 g/mol. The summed E-state index contributed by atoms with van der Waals surface area (Å²) in [4.78, 5) is 12.4. The Morgan fingerprint density at radius 2 is 1.96 bits per heavy atom. The second-order valence-electron chi connectivity index (χ2n) is 6.71. The molecule has 1 aliphatic heterocycles. The third-order valence-electron chi connectivity index (χ3n) is 4.34. The Morgan fingerprint density at radius 1 is 1.30 bits per heavy atom. The zero-order valence-corrected chi connectivity index (χ0v) is 16.7. The highest BCUT2D eigenvalue weighted by atomic mass is 32.2. The van der Waals surface area contributed by atoms with Crippen LogP contribution in [0.2, 0.25) is 0 Å². The van der Waals surface area contributed by atoms with Gasteiger partial charge >= 0.3 is 0 Å². The minimum Gasteiger partial charge on any atom is -0.495 e. The fourth-order valence-electron chi connectivity index (χ4n) is 3.20. The summed E-state index contributed by atoms with van der Waals surface area (Å²) < 4.78 is 38.2. The van der Waals surface area contributed by atoms with Crippen molar-refractivity contribution in [2.45, 2.75) is 43.8 Å². The van der Waals surface area contributed by atoms with Crippen molar-refractivity contribution in [1.82, 2.24) is 9.62 Å². The minimum absolute atomic E-state index is 0.0735. The molecule has 0 saturated carbocycles. The molecule has 1 aromatic carbocycles. The third kappa shape index (κ3) is 6.13. The van der Waals surface area contributed by atoms with E-state index in [0.717, 1.165) is 32.1 Å². The summed E-state index contributed by atoms with van der Waals surface area (Å²) in [5.41, 5.74) is -0.299. The van der Waals surface area contributed by atoms with Crippen LogP contribution in [0.15, 0.2) is 23.1 Å². The molecule has 0 unspecified atom stereocenters. The number of hydrogen-bond acceptors (Lipinski definition) is 7. The maximum Gasteiger partial charge on any atom is 0.271 e. The SMILES string of the molecule is COc1ccc([N+](=O)[O-])cc1S(=O)(=O)NCCCCN1C[C@H](C)O[C@@H](C)C1. The number of morpholine rings is 1. The Bertz CT molecular complexity index is 745. The molecule has 0 amide bonds. The molecule has 1 fully saturated rings. The number of methoxy groups -OCH3 is 1. The summed E-state index contributed by atoms with van der Waals surface area (Å²) >= 11 is 0. The molecule has 1 heterocycles. The highest BCUT2D eigenvalue weighted by molar-refractivity contribution is 7.89. The molecule has 0 bridgehead atoms. The van der Waals surface area contributed by atoms with Crippen molar-refractivity contribution in [1.29, 1.82) is 0 Å². The number of nitro groups is 1. The van der Waals surface area contributed by atoms with E-state index in [0.29, 0.717) is 6.42 Å². The number of rotatable bonds is 9. The molecule has 152 valence electrons. The number of nitrogens with one attached hydrogen (secondary N) is 1. The summed E-state index contributed by atoms with van der Waals surface area (Å²) in [5.74, 6) is 0.0735. The molecule has 0 radical (unpaired) electrons. The fraction of sp³-hybridized carbons (Fsp3) is 0.647. The van der Waals surface area contributed by atoms with E-state index in [1.54, 1.807) is 0 Å². The maximum atomic E-state index is 12.5. The van der Waals surface area contributed by atoms with Crippen molar-refractivity contribution in [3.8, 4) is 5.75 Å². The first-order valence-electron chi connectivity index (χ1n) is 8.93. The van der Waals surface area contributed by atoms with Crippen LogP contribution < -0.4 is 9.46 Å². The van der Waals surface area contributed by atoms with E-state index in [-0.39, 0.29) is 35.1 Å². The first-order chi connectivity index (χ1) is 12.7. The molecule has 2 rings (SSSR count). The standard InChI is InChI=1S/C17H27N3O6S/c1-13-11-19(12-14(2)26-13)9-5-4-8-18-27(23,24)17-10-15(20(21)22)6-7-16(17)25-3/h6-7,10,13-14,18H,4-5,8-9,11-12H2,1-3H3/t13-,14-/m0/s1. The summed E-state index contributed by atoms with van der Waals surface area (Å²) in [6.07, 6.45) is 1.91. The molecule has 27 heavy (non-hydrogen) atoms. The summed E-state index contributed by atoms with van der Waals surface area (Å²) in [7, 11) is -2.57. The summed E-state index contributed by atoms with van der Waals surface area (Å²) in [5, 5.41) is 10.9. The van der Waals surface area contributed by atoms with Crippen LogP contribution in [0.5, 0.6) is 5.75 Å². The molecule has 1 aliphatic rings. The number of unbranched alkanes of at least 4 members (excludes halogenated alkanes) is 1. The Labute approximate surface area is 159 Å². The van der Waals surface area contributed by atoms with Gasteiger partial charge in [0.05, 0.1) is 24.2 Å². The lowest BCUT2D eigenvalue weighted by Crippen LogP contribution is -2.45. The van der Waals surface area contributed by atoms with Crippen LogP contribution in [-0.2, 0) is 14.8 Å². The summed E-state index contributed by atoms with van der Waals surface area (Å²) in [6, 6.07) is 3.51. The number of nitrogens with zero attached hydrogens (tertiary/aromatic N) is 2. The normalized spacial score (nSPS) is 21.1. The predicted molar refractivity (Wildman–Crippen MR) is 101 cm³/mol. The van der Waals surface area contributed by atoms with Gasteiger partial charge in [0.1, 0.15) is 10.6 Å². The predicted octanol–water partition coefficient (Wildman–Crippen LogP) is 1.77. The van der Waals surface area contributed by atoms with Crippen molar-refractivity contribution in [3.63, 3.8) is 0 Å². The van der Waals surface area contributed by atoms with E-state index in [4.69, 9.17) is 9.47 Å². The third-order valence-corrected chi connectivity index (χ3v) is 5.82. The van der Waals surface area contributed by atoms with Crippen LogP contribution in [0.4, 0.5) is 5.69 Å². The number of non-ortho nitro benzene ring substituents is 1. The molecule has 10 heteroatoms. The first-order valence-corrected chi connectivity index (χ1v) is 10.4. The van der Waals surface area contributed by atoms with Crippen LogP contribution in [0.1, 0.15) is 26.7 Å². The van der Waals surface area contributed by atoms with Gasteiger partial charge in [0.15, 0.2) is 0 Å². The molecule has 0 spiro atoms. The van der Waals surface area contributed by atoms with Gasteiger partial charge in [-0.15, -0.1) is 0 Å². The topological polar surface area (TPSA) is 111 Å². The van der Waals surface area contributed by atoms with Gasteiger partial charge in [0.2, 0.25) is 10.0 Å². The van der Waals surface area contributed by atoms with Gasteiger partial charge in [-0.25, -0.2) is 13.1 Å². The first kappa shape index (κ1) is 21.5. The smallest absolute Gasteiger partial charge is 0.271 e. The van der Waals surface area contributed by atoms with Crippen molar-refractivity contribution in [2.24, 2.45) is 0 Å². The highest BCUT2D eigenvalue weighted by Crippen LogP contribution is 2.27. The highest BCUT2D eigenvalue weighted by Gasteiger charge is 2.23. The van der Waals surface area contributed by atoms with Crippen molar-refractivity contribution >= 4 is 15.7 Å². The lowest BCUT2D eigenvalue weighted by molar-refractivity contribution is -0.385. The molecule has 1 aromatic rings. The monoisotopic (exact) mass is 401 g/mol. The van der Waals surface area contributed by atoms with E-state index in [9.17, 15) is 18.5 Å². The Balaban J connectivity index is 1.88. The van der Waals surface area contributed by atoms with E-state index in [1.807, 2.05) is 13.8 Å². The van der Waals surface area contributed by atoms with Crippen molar-refractivity contribution in [2.75, 3.05) is 33.3 Å². The second kappa shape index (κ2) is 9.45. The number of ether oxygens (including phenoxy) is 2. The minimum atomic E-state index is -3.89.